The van der Waals surface area contributed by atoms with Crippen molar-refractivity contribution in [3.05, 3.63) is 23.4 Å². The van der Waals surface area contributed by atoms with Gasteiger partial charge in [0.25, 0.3) is 0 Å². The summed E-state index contributed by atoms with van der Waals surface area (Å²) >= 11 is 5.44. The van der Waals surface area contributed by atoms with Crippen LogP contribution in [0.3, 0.4) is 0 Å². The number of nitrogens with zero attached hydrogens (tertiary/aromatic N) is 1. The Labute approximate surface area is 68.6 Å². The predicted octanol–water partition coefficient (Wildman–Crippen LogP) is 0.982. The quantitative estimate of drug-likeness (QED) is 0.676. The topological polar surface area (TPSA) is 67.3 Å². The van der Waals surface area contributed by atoms with E-state index in [1.54, 1.807) is 0 Å². The summed E-state index contributed by atoms with van der Waals surface area (Å²) in [6, 6.07) is 2.48. The van der Waals surface area contributed by atoms with E-state index in [0.29, 0.717) is 0 Å². The van der Waals surface area contributed by atoms with Gasteiger partial charge in [-0.05, 0) is 12.1 Å². The standard InChI is InChI=1S/C5H4ClNO3S/c6-4-1-2-7-5(3-4)11(8,9)10/h1-3H,(H,8,9,10). The first-order valence-corrected chi connectivity index (χ1v) is 4.41. The normalized spacial score (nSPS) is 11.5. The molecule has 0 saturated carbocycles. The third-order valence-corrected chi connectivity index (χ3v) is 1.95. The van der Waals surface area contributed by atoms with Crippen LogP contribution in [-0.4, -0.2) is 18.0 Å². The minimum absolute atomic E-state index is 0.215. The molecule has 0 fully saturated rings. The summed E-state index contributed by atoms with van der Waals surface area (Å²) in [6.07, 6.45) is 1.20. The van der Waals surface area contributed by atoms with Crippen molar-refractivity contribution in [2.24, 2.45) is 0 Å². The number of hydrogen-bond donors (Lipinski definition) is 1. The average molecular weight is 194 g/mol. The van der Waals surface area contributed by atoms with E-state index in [1.165, 1.54) is 12.3 Å². The van der Waals surface area contributed by atoms with Crippen molar-refractivity contribution < 1.29 is 13.0 Å². The fraction of sp³-hybridized carbons (Fsp3) is 0. The van der Waals surface area contributed by atoms with Gasteiger partial charge in [0.2, 0.25) is 0 Å². The number of pyridine rings is 1. The van der Waals surface area contributed by atoms with Crippen LogP contribution in [0.5, 0.6) is 0 Å². The lowest BCUT2D eigenvalue weighted by molar-refractivity contribution is 0.479. The van der Waals surface area contributed by atoms with E-state index in [-0.39, 0.29) is 5.02 Å². The molecule has 1 heterocycles. The zero-order chi connectivity index (χ0) is 8.48. The van der Waals surface area contributed by atoms with Gasteiger partial charge in [0.15, 0.2) is 5.03 Å². The molecule has 0 unspecified atom stereocenters. The Hall–Kier alpha value is -0.650. The van der Waals surface area contributed by atoms with Crippen LogP contribution in [0.15, 0.2) is 23.4 Å². The summed E-state index contributed by atoms with van der Waals surface area (Å²) in [5, 5.41) is -0.224. The van der Waals surface area contributed by atoms with Gasteiger partial charge in [0.05, 0.1) is 0 Å². The van der Waals surface area contributed by atoms with Crippen LogP contribution in [0, 0.1) is 0 Å². The van der Waals surface area contributed by atoms with E-state index in [2.05, 4.69) is 4.98 Å². The smallest absolute Gasteiger partial charge is 0.281 e. The van der Waals surface area contributed by atoms with Crippen LogP contribution in [-0.2, 0) is 10.1 Å². The highest BCUT2D eigenvalue weighted by molar-refractivity contribution is 7.85. The zero-order valence-corrected chi connectivity index (χ0v) is 6.80. The number of aromatic nitrogens is 1. The first kappa shape index (κ1) is 8.45. The van der Waals surface area contributed by atoms with Gasteiger partial charge in [-0.2, -0.15) is 8.42 Å². The predicted molar refractivity (Wildman–Crippen MR) is 39.1 cm³/mol. The second-order valence-electron chi connectivity index (χ2n) is 1.79. The lowest BCUT2D eigenvalue weighted by atomic mass is 10.5. The van der Waals surface area contributed by atoms with Crippen molar-refractivity contribution in [3.8, 4) is 0 Å². The molecule has 1 aromatic heterocycles. The molecule has 0 saturated heterocycles. The van der Waals surface area contributed by atoms with Gasteiger partial charge in [-0.25, -0.2) is 4.98 Å². The monoisotopic (exact) mass is 193 g/mol. The van der Waals surface area contributed by atoms with Gasteiger partial charge < -0.3 is 0 Å². The molecule has 0 bridgehead atoms. The largest absolute Gasteiger partial charge is 0.312 e. The minimum atomic E-state index is -4.22. The highest BCUT2D eigenvalue weighted by Crippen LogP contribution is 2.11. The highest BCUT2D eigenvalue weighted by Gasteiger charge is 2.10. The molecule has 0 atom stereocenters. The van der Waals surface area contributed by atoms with E-state index in [4.69, 9.17) is 16.2 Å². The van der Waals surface area contributed by atoms with Gasteiger partial charge in [0.1, 0.15) is 0 Å². The summed E-state index contributed by atoms with van der Waals surface area (Å²) in [5.41, 5.74) is 0. The third kappa shape index (κ3) is 2.14. The first-order chi connectivity index (χ1) is 5.00. The fourth-order valence-corrected chi connectivity index (χ4v) is 1.22. The van der Waals surface area contributed by atoms with Crippen LogP contribution >= 0.6 is 11.6 Å². The molecule has 0 amide bonds. The van der Waals surface area contributed by atoms with Crippen molar-refractivity contribution in [2.45, 2.75) is 5.03 Å². The molecule has 60 valence electrons. The fourth-order valence-electron chi connectivity index (χ4n) is 0.526. The highest BCUT2D eigenvalue weighted by atomic mass is 35.5. The van der Waals surface area contributed by atoms with Crippen LogP contribution in [0.1, 0.15) is 0 Å². The second kappa shape index (κ2) is 2.77. The zero-order valence-electron chi connectivity index (χ0n) is 5.23. The van der Waals surface area contributed by atoms with Crippen LogP contribution in [0.25, 0.3) is 0 Å². The molecular formula is C5H4ClNO3S. The van der Waals surface area contributed by atoms with Crippen molar-refractivity contribution in [1.82, 2.24) is 4.98 Å². The molecule has 0 radical (unpaired) electrons. The summed E-state index contributed by atoms with van der Waals surface area (Å²) in [6.45, 7) is 0. The Morgan fingerprint density at radius 2 is 2.18 bits per heavy atom. The lowest BCUT2D eigenvalue weighted by Gasteiger charge is -1.94. The van der Waals surface area contributed by atoms with Crippen LogP contribution in [0.2, 0.25) is 5.02 Å². The minimum Gasteiger partial charge on any atom is -0.281 e. The molecule has 1 rings (SSSR count). The second-order valence-corrected chi connectivity index (χ2v) is 3.59. The molecule has 1 N–H and O–H groups in total. The maximum Gasteiger partial charge on any atom is 0.312 e. The summed E-state index contributed by atoms with van der Waals surface area (Å²) in [4.78, 5) is 3.39. The van der Waals surface area contributed by atoms with Gasteiger partial charge in [-0.15, -0.1) is 0 Å². The SMILES string of the molecule is O=S(=O)(O)c1cc(Cl)ccn1. The molecule has 0 aliphatic carbocycles. The van der Waals surface area contributed by atoms with E-state index < -0.39 is 15.1 Å². The van der Waals surface area contributed by atoms with E-state index in [1.807, 2.05) is 0 Å². The van der Waals surface area contributed by atoms with E-state index in [0.717, 1.165) is 6.07 Å². The number of halogens is 1. The van der Waals surface area contributed by atoms with Crippen LogP contribution in [0.4, 0.5) is 0 Å². The van der Waals surface area contributed by atoms with Gasteiger partial charge in [-0.1, -0.05) is 11.6 Å². The van der Waals surface area contributed by atoms with Crippen molar-refractivity contribution in [1.29, 1.82) is 0 Å². The molecular weight excluding hydrogens is 190 g/mol. The van der Waals surface area contributed by atoms with Gasteiger partial charge in [-0.3, -0.25) is 4.55 Å². The maximum absolute atomic E-state index is 10.4. The summed E-state index contributed by atoms with van der Waals surface area (Å²) in [7, 11) is -4.22. The first-order valence-electron chi connectivity index (χ1n) is 2.59. The van der Waals surface area contributed by atoms with Crippen molar-refractivity contribution in [3.63, 3.8) is 0 Å². The van der Waals surface area contributed by atoms with E-state index >= 15 is 0 Å². The number of rotatable bonds is 1. The Kier molecular flexibility index (Phi) is 2.12. The third-order valence-electron chi connectivity index (χ3n) is 0.961. The average Bonchev–Trinajstić information content (AvgIpc) is 1.86. The van der Waals surface area contributed by atoms with Crippen LogP contribution < -0.4 is 0 Å². The molecule has 0 spiro atoms. The molecule has 4 nitrogen and oxygen atoms in total. The van der Waals surface area contributed by atoms with Gasteiger partial charge in [0, 0.05) is 11.2 Å². The summed E-state index contributed by atoms with van der Waals surface area (Å²) in [5.74, 6) is 0. The molecule has 0 aromatic carbocycles. The molecule has 1 aromatic rings. The van der Waals surface area contributed by atoms with E-state index in [9.17, 15) is 8.42 Å². The molecule has 6 heteroatoms. The molecule has 11 heavy (non-hydrogen) atoms. The maximum atomic E-state index is 10.4. The van der Waals surface area contributed by atoms with Crippen molar-refractivity contribution in [2.75, 3.05) is 0 Å². The summed E-state index contributed by atoms with van der Waals surface area (Å²) < 4.78 is 29.3. The molecule has 0 aliphatic heterocycles. The lowest BCUT2D eigenvalue weighted by Crippen LogP contribution is -2.00. The Morgan fingerprint density at radius 3 is 2.55 bits per heavy atom. The Balaban J connectivity index is 3.28. The van der Waals surface area contributed by atoms with Crippen molar-refractivity contribution >= 4 is 21.7 Å². The Bertz CT molecular complexity index is 362. The Morgan fingerprint density at radius 1 is 1.55 bits per heavy atom. The number of hydrogen-bond acceptors (Lipinski definition) is 3. The van der Waals surface area contributed by atoms with Gasteiger partial charge >= 0.3 is 10.1 Å². The molecule has 0 aliphatic rings.